The van der Waals surface area contributed by atoms with Gasteiger partial charge >= 0.3 is 5.97 Å². The predicted octanol–water partition coefficient (Wildman–Crippen LogP) is 10.0. The summed E-state index contributed by atoms with van der Waals surface area (Å²) < 4.78 is 37.2. The maximum atomic E-state index is 13.4. The van der Waals surface area contributed by atoms with E-state index in [2.05, 4.69) is 37.3 Å². The van der Waals surface area contributed by atoms with Gasteiger partial charge in [0.2, 0.25) is 0 Å². The highest BCUT2D eigenvalue weighted by Gasteiger charge is 2.48. The fourth-order valence-electron chi connectivity index (χ4n) is 8.22. The smallest absolute Gasteiger partial charge is 0.311 e. The lowest BCUT2D eigenvalue weighted by atomic mass is 9.79. The lowest BCUT2D eigenvalue weighted by molar-refractivity contribution is -0.134. The quantitative estimate of drug-likeness (QED) is 0.0976. The first kappa shape index (κ1) is 35.0. The van der Waals surface area contributed by atoms with Crippen LogP contribution in [0.5, 0.6) is 28.7 Å². The van der Waals surface area contributed by atoms with Crippen molar-refractivity contribution in [3.8, 4) is 39.9 Å². The van der Waals surface area contributed by atoms with Crippen LogP contribution in [0.15, 0.2) is 121 Å². The van der Waals surface area contributed by atoms with Crippen molar-refractivity contribution in [3.63, 3.8) is 0 Å². The third-order valence-corrected chi connectivity index (χ3v) is 10.9. The van der Waals surface area contributed by atoms with E-state index < -0.39 is 11.2 Å². The van der Waals surface area contributed by atoms with Crippen LogP contribution in [-0.2, 0) is 27.2 Å². The van der Waals surface area contributed by atoms with Gasteiger partial charge in [-0.25, -0.2) is 0 Å². The molecule has 272 valence electrons. The van der Waals surface area contributed by atoms with Crippen molar-refractivity contribution in [2.75, 3.05) is 28.4 Å². The van der Waals surface area contributed by atoms with E-state index in [-0.39, 0.29) is 12.4 Å². The summed E-state index contributed by atoms with van der Waals surface area (Å²) >= 11 is 0. The summed E-state index contributed by atoms with van der Waals surface area (Å²) in [6.45, 7) is 2.15. The highest BCUT2D eigenvalue weighted by atomic mass is 16.6. The molecule has 0 N–H and O–H groups in total. The van der Waals surface area contributed by atoms with Crippen molar-refractivity contribution in [2.24, 2.45) is 0 Å². The molecule has 1 aliphatic heterocycles. The van der Waals surface area contributed by atoms with E-state index in [1.54, 1.807) is 28.4 Å². The number of esters is 1. The Morgan fingerprint density at radius 1 is 0.704 bits per heavy atom. The van der Waals surface area contributed by atoms with E-state index in [1.165, 1.54) is 0 Å². The molecular formula is C47H42O7. The van der Waals surface area contributed by atoms with E-state index in [0.29, 0.717) is 30.1 Å². The molecule has 1 aliphatic carbocycles. The lowest BCUT2D eigenvalue weighted by Gasteiger charge is -2.39. The van der Waals surface area contributed by atoms with Crippen LogP contribution in [0.1, 0.15) is 53.1 Å². The SMILES string of the molecule is CCC1(OC)c2ccccc2-c2c1c1c(c3cc(OC)c(OC(=O)CCc4ccccc4)cc23)OC(c2ccc(OC)cc2)(c2ccc(OC)cc2)C=C1. The first-order chi connectivity index (χ1) is 26.4. The maximum Gasteiger partial charge on any atom is 0.311 e. The van der Waals surface area contributed by atoms with Gasteiger partial charge in [-0.3, -0.25) is 4.79 Å². The second-order valence-corrected chi connectivity index (χ2v) is 13.6. The van der Waals surface area contributed by atoms with E-state index in [1.807, 2.05) is 97.1 Å². The molecule has 0 aromatic heterocycles. The minimum Gasteiger partial charge on any atom is -0.497 e. The fourth-order valence-corrected chi connectivity index (χ4v) is 8.22. The molecule has 2 aliphatic rings. The van der Waals surface area contributed by atoms with E-state index in [9.17, 15) is 4.79 Å². The molecule has 0 radical (unpaired) electrons. The molecular weight excluding hydrogens is 677 g/mol. The summed E-state index contributed by atoms with van der Waals surface area (Å²) in [6.07, 6.45) is 5.77. The first-order valence-corrected chi connectivity index (χ1v) is 18.2. The number of aryl methyl sites for hydroxylation is 1. The number of hydrogen-bond donors (Lipinski definition) is 0. The van der Waals surface area contributed by atoms with Crippen molar-refractivity contribution in [1.82, 2.24) is 0 Å². The van der Waals surface area contributed by atoms with Crippen LogP contribution in [0, 0.1) is 0 Å². The van der Waals surface area contributed by atoms with Crippen molar-refractivity contribution >= 4 is 22.8 Å². The van der Waals surface area contributed by atoms with Crippen LogP contribution in [0.25, 0.3) is 28.0 Å². The van der Waals surface area contributed by atoms with Crippen LogP contribution < -0.4 is 23.7 Å². The Labute approximate surface area is 315 Å². The molecule has 6 aromatic rings. The number of ether oxygens (including phenoxy) is 6. The minimum atomic E-state index is -1.03. The van der Waals surface area contributed by atoms with E-state index in [4.69, 9.17) is 28.4 Å². The first-order valence-electron chi connectivity index (χ1n) is 18.2. The summed E-state index contributed by atoms with van der Waals surface area (Å²) in [6, 6.07) is 38.1. The van der Waals surface area contributed by atoms with Gasteiger partial charge in [-0.2, -0.15) is 0 Å². The van der Waals surface area contributed by atoms with Gasteiger partial charge in [-0.1, -0.05) is 91.9 Å². The van der Waals surface area contributed by atoms with Crippen molar-refractivity contribution in [1.29, 1.82) is 0 Å². The number of hydrogen-bond acceptors (Lipinski definition) is 7. The third kappa shape index (κ3) is 5.58. The van der Waals surface area contributed by atoms with Gasteiger partial charge in [-0.15, -0.1) is 0 Å². The standard InChI is InChI=1S/C47H42O7/c1-6-46(52-5)39-15-11-10-14-35(39)43-37-28-41(53-42(48)25-16-30-12-8-7-9-13-30)40(51-4)29-38(37)45-36(44(43)46)26-27-47(54-45,31-17-21-33(49-2)22-18-31)32-19-23-34(50-3)24-20-32/h7-15,17-24,26-29H,6,16,25H2,1-5H3. The maximum absolute atomic E-state index is 13.4. The highest BCUT2D eigenvalue weighted by molar-refractivity contribution is 6.09. The Morgan fingerprint density at radius 3 is 1.94 bits per heavy atom. The molecule has 0 saturated carbocycles. The second kappa shape index (κ2) is 14.1. The second-order valence-electron chi connectivity index (χ2n) is 13.6. The van der Waals surface area contributed by atoms with Crippen LogP contribution in [0.3, 0.4) is 0 Å². The topological polar surface area (TPSA) is 72.5 Å². The number of benzene rings is 6. The van der Waals surface area contributed by atoms with Gasteiger partial charge in [0.05, 0.1) is 21.3 Å². The molecule has 0 saturated heterocycles. The van der Waals surface area contributed by atoms with Crippen molar-refractivity contribution in [3.05, 3.63) is 155 Å². The summed E-state index contributed by atoms with van der Waals surface area (Å²) in [5.41, 5.74) is 6.19. The Bertz CT molecular complexity index is 2330. The molecule has 54 heavy (non-hydrogen) atoms. The number of methoxy groups -OCH3 is 4. The molecule has 0 amide bonds. The Morgan fingerprint density at radius 2 is 1.33 bits per heavy atom. The molecule has 8 rings (SSSR count). The van der Waals surface area contributed by atoms with Crippen LogP contribution in [0.4, 0.5) is 0 Å². The summed E-state index contributed by atoms with van der Waals surface area (Å²) in [4.78, 5) is 13.4. The molecule has 6 aromatic carbocycles. The lowest BCUT2D eigenvalue weighted by Crippen LogP contribution is -2.35. The summed E-state index contributed by atoms with van der Waals surface area (Å²) in [7, 11) is 6.67. The molecule has 0 spiro atoms. The summed E-state index contributed by atoms with van der Waals surface area (Å²) in [5, 5.41) is 1.68. The zero-order valence-corrected chi connectivity index (χ0v) is 31.1. The van der Waals surface area contributed by atoms with Gasteiger partial charge in [0, 0.05) is 41.2 Å². The van der Waals surface area contributed by atoms with Gasteiger partial charge < -0.3 is 28.4 Å². The third-order valence-electron chi connectivity index (χ3n) is 10.9. The zero-order valence-electron chi connectivity index (χ0n) is 31.1. The number of rotatable bonds is 11. The monoisotopic (exact) mass is 718 g/mol. The minimum absolute atomic E-state index is 0.221. The predicted molar refractivity (Wildman–Crippen MR) is 211 cm³/mol. The Balaban J connectivity index is 1.37. The summed E-state index contributed by atoms with van der Waals surface area (Å²) in [5.74, 6) is 2.58. The van der Waals surface area contributed by atoms with Crippen molar-refractivity contribution in [2.45, 2.75) is 37.4 Å². The van der Waals surface area contributed by atoms with Gasteiger partial charge in [-0.05, 0) is 83.0 Å². The van der Waals surface area contributed by atoms with Crippen molar-refractivity contribution < 1.29 is 33.2 Å². The Kier molecular flexibility index (Phi) is 9.12. The molecule has 1 atom stereocenters. The molecule has 0 fully saturated rings. The number of carbonyl (C=O) groups is 1. The fraction of sp³-hybridized carbons (Fsp3) is 0.213. The molecule has 7 heteroatoms. The van der Waals surface area contributed by atoms with Gasteiger partial charge in [0.15, 0.2) is 17.1 Å². The molecule has 1 unspecified atom stereocenters. The largest absolute Gasteiger partial charge is 0.497 e. The zero-order chi connectivity index (χ0) is 37.5. The average Bonchev–Trinajstić information content (AvgIpc) is 3.53. The van der Waals surface area contributed by atoms with Gasteiger partial charge in [0.1, 0.15) is 22.8 Å². The average molecular weight is 719 g/mol. The molecule has 0 bridgehead atoms. The van der Waals surface area contributed by atoms with Crippen LogP contribution in [-0.4, -0.2) is 34.4 Å². The van der Waals surface area contributed by atoms with Gasteiger partial charge in [0.25, 0.3) is 0 Å². The van der Waals surface area contributed by atoms with Crippen LogP contribution in [0.2, 0.25) is 0 Å². The van der Waals surface area contributed by atoms with E-state index in [0.717, 1.165) is 66.8 Å². The molecule has 7 nitrogen and oxygen atoms in total. The number of carbonyl (C=O) groups excluding carboxylic acids is 1. The number of fused-ring (bicyclic) bond motifs is 8. The Hall–Kier alpha value is -6.05. The molecule has 1 heterocycles. The van der Waals surface area contributed by atoms with E-state index >= 15 is 0 Å². The normalized spacial score (nSPS) is 16.2. The highest BCUT2D eigenvalue weighted by Crippen LogP contribution is 2.60. The van der Waals surface area contributed by atoms with Crippen LogP contribution >= 0.6 is 0 Å².